The number of rotatable bonds is 5. The van der Waals surface area contributed by atoms with E-state index in [1.165, 1.54) is 4.90 Å². The lowest BCUT2D eigenvalue weighted by molar-refractivity contribution is -0.137. The van der Waals surface area contributed by atoms with E-state index in [9.17, 15) is 22.8 Å². The van der Waals surface area contributed by atoms with Gasteiger partial charge < -0.3 is 4.74 Å². The molecule has 5 nitrogen and oxygen atoms in total. The van der Waals surface area contributed by atoms with E-state index in [0.717, 1.165) is 48.4 Å². The Hall–Kier alpha value is -2.42. The minimum Gasteiger partial charge on any atom is -0.462 e. The van der Waals surface area contributed by atoms with Gasteiger partial charge in [0.1, 0.15) is 4.88 Å². The van der Waals surface area contributed by atoms with Crippen molar-refractivity contribution in [3.8, 4) is 0 Å². The number of nitrogens with zero attached hydrogens (tertiary/aromatic N) is 2. The number of ether oxygens (including phenoxy) is 1. The van der Waals surface area contributed by atoms with Gasteiger partial charge in [-0.1, -0.05) is 11.3 Å². The van der Waals surface area contributed by atoms with E-state index in [2.05, 4.69) is 4.98 Å². The maximum Gasteiger partial charge on any atom is 0.416 e. The minimum absolute atomic E-state index is 0.0691. The molecule has 0 aliphatic heterocycles. The molecular formula is C18H17F3N2O3S. The van der Waals surface area contributed by atoms with E-state index in [0.29, 0.717) is 15.7 Å². The highest BCUT2D eigenvalue weighted by Gasteiger charge is 2.37. The molecule has 1 aliphatic carbocycles. The van der Waals surface area contributed by atoms with Crippen LogP contribution >= 0.6 is 11.3 Å². The first-order valence-electron chi connectivity index (χ1n) is 8.37. The first-order chi connectivity index (χ1) is 12.7. The molecule has 1 fully saturated rings. The van der Waals surface area contributed by atoms with Crippen molar-refractivity contribution in [3.05, 3.63) is 46.0 Å². The SMILES string of the molecule is CCOC(=O)c1sc(N(C(=O)c2ccc(C(F)(F)F)cc2)C2CC2)nc1C. The molecular weight excluding hydrogens is 381 g/mol. The van der Waals surface area contributed by atoms with Gasteiger partial charge in [0.15, 0.2) is 5.13 Å². The number of anilines is 1. The highest BCUT2D eigenvalue weighted by molar-refractivity contribution is 7.17. The number of carbonyl (C=O) groups is 2. The van der Waals surface area contributed by atoms with Gasteiger partial charge in [-0.05, 0) is 51.0 Å². The number of aromatic nitrogens is 1. The van der Waals surface area contributed by atoms with Crippen LogP contribution in [0, 0.1) is 6.92 Å². The molecule has 1 aliphatic rings. The van der Waals surface area contributed by atoms with Crippen molar-refractivity contribution in [1.82, 2.24) is 4.98 Å². The molecule has 1 heterocycles. The number of hydrogen-bond acceptors (Lipinski definition) is 5. The third kappa shape index (κ3) is 4.13. The van der Waals surface area contributed by atoms with E-state index in [1.807, 2.05) is 0 Å². The average Bonchev–Trinajstić information content (AvgIpc) is 3.36. The fourth-order valence-corrected chi connectivity index (χ4v) is 3.58. The van der Waals surface area contributed by atoms with Crippen molar-refractivity contribution in [2.75, 3.05) is 11.5 Å². The molecule has 1 aromatic heterocycles. The van der Waals surface area contributed by atoms with Crippen molar-refractivity contribution in [1.29, 1.82) is 0 Å². The number of carbonyl (C=O) groups excluding carboxylic acids is 2. The maximum atomic E-state index is 12.9. The highest BCUT2D eigenvalue weighted by Crippen LogP contribution is 2.37. The van der Waals surface area contributed by atoms with Crippen LogP contribution in [0.1, 0.15) is 51.1 Å². The Bertz CT molecular complexity index is 858. The van der Waals surface area contributed by atoms with E-state index in [1.54, 1.807) is 13.8 Å². The molecule has 3 rings (SSSR count). The zero-order chi connectivity index (χ0) is 19.8. The molecule has 0 radical (unpaired) electrons. The van der Waals surface area contributed by atoms with Gasteiger partial charge in [0, 0.05) is 11.6 Å². The Balaban J connectivity index is 1.89. The zero-order valence-corrected chi connectivity index (χ0v) is 15.5. The van der Waals surface area contributed by atoms with Gasteiger partial charge in [0.25, 0.3) is 5.91 Å². The fourth-order valence-electron chi connectivity index (χ4n) is 2.55. The van der Waals surface area contributed by atoms with Crippen LogP contribution in [0.25, 0.3) is 0 Å². The summed E-state index contributed by atoms with van der Waals surface area (Å²) in [5.41, 5.74) is -0.216. The summed E-state index contributed by atoms with van der Waals surface area (Å²) in [7, 11) is 0. The number of aryl methyl sites for hydroxylation is 1. The largest absolute Gasteiger partial charge is 0.462 e. The number of benzene rings is 1. The van der Waals surface area contributed by atoms with Gasteiger partial charge in [-0.25, -0.2) is 9.78 Å². The number of halogens is 3. The van der Waals surface area contributed by atoms with Crippen LogP contribution in [-0.4, -0.2) is 29.5 Å². The molecule has 0 bridgehead atoms. The predicted molar refractivity (Wildman–Crippen MR) is 94.1 cm³/mol. The van der Waals surface area contributed by atoms with Crippen LogP contribution in [0.2, 0.25) is 0 Å². The summed E-state index contributed by atoms with van der Waals surface area (Å²) in [6, 6.07) is 4.02. The standard InChI is InChI=1S/C18H17F3N2O3S/c1-3-26-16(25)14-10(2)22-17(27-14)23(13-8-9-13)15(24)11-4-6-12(7-5-11)18(19,20)21/h4-7,13H,3,8-9H2,1-2H3. The molecule has 0 unspecified atom stereocenters. The van der Waals surface area contributed by atoms with E-state index >= 15 is 0 Å². The van der Waals surface area contributed by atoms with Crippen LogP contribution in [0.5, 0.6) is 0 Å². The predicted octanol–water partition coefficient (Wildman–Crippen LogP) is 4.46. The zero-order valence-electron chi connectivity index (χ0n) is 14.7. The number of esters is 1. The normalized spacial score (nSPS) is 14.1. The molecule has 9 heteroatoms. The Morgan fingerprint density at radius 2 is 1.89 bits per heavy atom. The van der Waals surface area contributed by atoms with E-state index in [-0.39, 0.29) is 18.2 Å². The minimum atomic E-state index is -4.46. The molecule has 1 saturated carbocycles. The summed E-state index contributed by atoms with van der Waals surface area (Å²) in [6.07, 6.45) is -2.90. The smallest absolute Gasteiger partial charge is 0.416 e. The molecule has 27 heavy (non-hydrogen) atoms. The Morgan fingerprint density at radius 1 is 1.26 bits per heavy atom. The van der Waals surface area contributed by atoms with Crippen LogP contribution in [0.15, 0.2) is 24.3 Å². The average molecular weight is 398 g/mol. The molecule has 144 valence electrons. The van der Waals surface area contributed by atoms with Gasteiger partial charge in [0.2, 0.25) is 0 Å². The van der Waals surface area contributed by atoms with Crippen LogP contribution in [0.4, 0.5) is 18.3 Å². The number of thiazole rings is 1. The van der Waals surface area contributed by atoms with Crippen LogP contribution in [-0.2, 0) is 10.9 Å². The van der Waals surface area contributed by atoms with Crippen LogP contribution in [0.3, 0.4) is 0 Å². The second kappa shape index (κ2) is 7.30. The van der Waals surface area contributed by atoms with Gasteiger partial charge in [0.05, 0.1) is 17.9 Å². The van der Waals surface area contributed by atoms with Crippen molar-refractivity contribution < 1.29 is 27.5 Å². The second-order valence-corrected chi connectivity index (χ2v) is 7.09. The maximum absolute atomic E-state index is 12.9. The van der Waals surface area contributed by atoms with Gasteiger partial charge in [-0.15, -0.1) is 0 Å². The first kappa shape index (κ1) is 19.3. The summed E-state index contributed by atoms with van der Waals surface area (Å²) in [4.78, 5) is 31.0. The number of alkyl halides is 3. The van der Waals surface area contributed by atoms with Crippen molar-refractivity contribution >= 4 is 28.3 Å². The molecule has 0 atom stereocenters. The summed E-state index contributed by atoms with van der Waals surface area (Å²) in [5.74, 6) is -0.938. The number of amides is 1. The Labute approximate surface area is 157 Å². The lowest BCUT2D eigenvalue weighted by Crippen LogP contribution is -2.33. The lowest BCUT2D eigenvalue weighted by Gasteiger charge is -2.19. The first-order valence-corrected chi connectivity index (χ1v) is 9.19. The van der Waals surface area contributed by atoms with Gasteiger partial charge in [-0.2, -0.15) is 13.2 Å². The summed E-state index contributed by atoms with van der Waals surface area (Å²) in [5, 5.41) is 0.350. The fraction of sp³-hybridized carbons (Fsp3) is 0.389. The highest BCUT2D eigenvalue weighted by atomic mass is 32.1. The Morgan fingerprint density at radius 3 is 2.41 bits per heavy atom. The molecule has 2 aromatic rings. The third-order valence-corrected chi connectivity index (χ3v) is 5.18. The number of hydrogen-bond donors (Lipinski definition) is 0. The monoisotopic (exact) mass is 398 g/mol. The summed E-state index contributed by atoms with van der Waals surface area (Å²) >= 11 is 1.05. The second-order valence-electron chi connectivity index (χ2n) is 6.11. The molecule has 0 spiro atoms. The van der Waals surface area contributed by atoms with E-state index in [4.69, 9.17) is 4.74 Å². The quantitative estimate of drug-likeness (QED) is 0.698. The lowest BCUT2D eigenvalue weighted by atomic mass is 10.1. The summed E-state index contributed by atoms with van der Waals surface area (Å²) in [6.45, 7) is 3.57. The van der Waals surface area contributed by atoms with Gasteiger partial charge >= 0.3 is 12.1 Å². The van der Waals surface area contributed by atoms with Crippen molar-refractivity contribution in [3.63, 3.8) is 0 Å². The Kier molecular flexibility index (Phi) is 5.23. The molecule has 1 aromatic carbocycles. The third-order valence-electron chi connectivity index (χ3n) is 4.04. The van der Waals surface area contributed by atoms with Crippen LogP contribution < -0.4 is 4.90 Å². The van der Waals surface area contributed by atoms with Crippen molar-refractivity contribution in [2.45, 2.75) is 38.9 Å². The van der Waals surface area contributed by atoms with Gasteiger partial charge in [-0.3, -0.25) is 9.69 Å². The summed E-state index contributed by atoms with van der Waals surface area (Å²) < 4.78 is 43.2. The van der Waals surface area contributed by atoms with Crippen molar-refractivity contribution in [2.24, 2.45) is 0 Å². The molecule has 1 amide bonds. The topological polar surface area (TPSA) is 59.5 Å². The molecule has 0 N–H and O–H groups in total. The van der Waals surface area contributed by atoms with E-state index < -0.39 is 23.6 Å². The molecule has 0 saturated heterocycles.